The summed E-state index contributed by atoms with van der Waals surface area (Å²) in [7, 11) is 0. The summed E-state index contributed by atoms with van der Waals surface area (Å²) in [5.74, 6) is -0.907. The van der Waals surface area contributed by atoms with Crippen LogP contribution in [0.15, 0.2) is 22.9 Å². The first kappa shape index (κ1) is 21.4. The Balaban J connectivity index is 1.23. The van der Waals surface area contributed by atoms with Gasteiger partial charge in [0, 0.05) is 0 Å². The summed E-state index contributed by atoms with van der Waals surface area (Å²) in [6.45, 7) is 3.71. The lowest BCUT2D eigenvalue weighted by Crippen LogP contribution is -2.37. The van der Waals surface area contributed by atoms with E-state index < -0.39 is 17.8 Å². The third-order valence-corrected chi connectivity index (χ3v) is 9.15. The van der Waals surface area contributed by atoms with Crippen LogP contribution >= 0.6 is 15.9 Å². The van der Waals surface area contributed by atoms with Gasteiger partial charge in [0.05, 0.1) is 23.7 Å². The van der Waals surface area contributed by atoms with Crippen molar-refractivity contribution in [3.05, 3.63) is 22.9 Å². The zero-order chi connectivity index (χ0) is 21.6. The summed E-state index contributed by atoms with van der Waals surface area (Å²) >= 11 is 3.30. The predicted molar refractivity (Wildman–Crippen MR) is 121 cm³/mol. The van der Waals surface area contributed by atoms with E-state index in [1.165, 1.54) is 51.7 Å². The zero-order valence-corrected chi connectivity index (χ0v) is 19.5. The maximum Gasteiger partial charge on any atom is 0.307 e. The molecule has 168 valence electrons. The second-order valence-electron chi connectivity index (χ2n) is 10.1. The van der Waals surface area contributed by atoms with Crippen molar-refractivity contribution in [2.75, 3.05) is 25.0 Å². The molecule has 2 unspecified atom stereocenters. The number of amides is 1. The van der Waals surface area contributed by atoms with Gasteiger partial charge in [-0.1, -0.05) is 6.42 Å². The Morgan fingerprint density at radius 1 is 1.16 bits per heavy atom. The second-order valence-corrected chi connectivity index (χ2v) is 10.9. The number of carboxylic acid groups (broad SMARTS) is 1. The Kier molecular flexibility index (Phi) is 5.84. The molecule has 7 heteroatoms. The molecule has 31 heavy (non-hydrogen) atoms. The van der Waals surface area contributed by atoms with Crippen LogP contribution < -0.4 is 5.32 Å². The molecule has 2 N–H and O–H groups in total. The first-order valence-electron chi connectivity index (χ1n) is 11.9. The number of hydrogen-bond acceptors (Lipinski definition) is 4. The Hall–Kier alpha value is -1.47. The number of rotatable bonds is 8. The van der Waals surface area contributed by atoms with Crippen molar-refractivity contribution in [2.45, 2.75) is 51.4 Å². The number of carbonyl (C=O) groups excluding carboxylic acids is 1. The number of nitrogens with zero attached hydrogens (tertiary/aromatic N) is 2. The van der Waals surface area contributed by atoms with Crippen molar-refractivity contribution < 1.29 is 14.7 Å². The van der Waals surface area contributed by atoms with Gasteiger partial charge in [0.25, 0.3) is 0 Å². The Labute approximate surface area is 192 Å². The van der Waals surface area contributed by atoms with Crippen LogP contribution in [0.25, 0.3) is 0 Å². The van der Waals surface area contributed by atoms with Crippen molar-refractivity contribution in [1.82, 2.24) is 9.88 Å². The molecule has 1 aliphatic heterocycles. The first-order chi connectivity index (χ1) is 15.0. The average Bonchev–Trinajstić information content (AvgIpc) is 3.05. The number of carbonyl (C=O) groups is 2. The summed E-state index contributed by atoms with van der Waals surface area (Å²) in [5, 5.41) is 13.0. The van der Waals surface area contributed by atoms with Gasteiger partial charge in [0.2, 0.25) is 5.91 Å². The first-order valence-corrected chi connectivity index (χ1v) is 12.7. The highest BCUT2D eigenvalue weighted by atomic mass is 79.9. The molecule has 0 aromatic carbocycles. The largest absolute Gasteiger partial charge is 0.481 e. The fourth-order valence-corrected chi connectivity index (χ4v) is 7.66. The molecular formula is C24H32BrN3O3. The molecule has 3 saturated carbocycles. The molecule has 4 aliphatic rings. The minimum atomic E-state index is -0.791. The van der Waals surface area contributed by atoms with E-state index in [2.05, 4.69) is 31.1 Å². The Morgan fingerprint density at radius 2 is 1.90 bits per heavy atom. The summed E-state index contributed by atoms with van der Waals surface area (Å²) in [5.41, 5.74) is 0.736. The number of anilines is 1. The van der Waals surface area contributed by atoms with E-state index in [0.717, 1.165) is 19.3 Å². The van der Waals surface area contributed by atoms with E-state index in [-0.39, 0.29) is 23.2 Å². The van der Waals surface area contributed by atoms with E-state index >= 15 is 0 Å². The summed E-state index contributed by atoms with van der Waals surface area (Å²) < 4.78 is 0.707. The van der Waals surface area contributed by atoms with Gasteiger partial charge in [-0.2, -0.15) is 0 Å². The number of unbranched alkanes of at least 4 members (excludes halogenated alkanes) is 1. The van der Waals surface area contributed by atoms with Crippen LogP contribution in [0.5, 0.6) is 0 Å². The summed E-state index contributed by atoms with van der Waals surface area (Å²) in [6.07, 6.45) is 11.0. The second kappa shape index (κ2) is 8.47. The fourth-order valence-electron chi connectivity index (χ4n) is 7.43. The van der Waals surface area contributed by atoms with Crippen molar-refractivity contribution in [1.29, 1.82) is 0 Å². The topological polar surface area (TPSA) is 82.5 Å². The van der Waals surface area contributed by atoms with Gasteiger partial charge in [0.1, 0.15) is 4.60 Å². The molecule has 1 spiro atoms. The predicted octanol–water partition coefficient (Wildman–Crippen LogP) is 4.41. The quantitative estimate of drug-likeness (QED) is 0.417. The van der Waals surface area contributed by atoms with Crippen LogP contribution in [0.1, 0.15) is 51.4 Å². The normalized spacial score (nSPS) is 36.2. The lowest BCUT2D eigenvalue weighted by atomic mass is 9.78. The van der Waals surface area contributed by atoms with Crippen molar-refractivity contribution in [3.8, 4) is 0 Å². The molecule has 4 fully saturated rings. The molecule has 1 amide bonds. The smallest absolute Gasteiger partial charge is 0.307 e. The van der Waals surface area contributed by atoms with Gasteiger partial charge in [-0.15, -0.1) is 0 Å². The minimum absolute atomic E-state index is 0.108. The van der Waals surface area contributed by atoms with Crippen molar-refractivity contribution in [3.63, 3.8) is 0 Å². The lowest BCUT2D eigenvalue weighted by Gasteiger charge is -2.26. The highest BCUT2D eigenvalue weighted by Crippen LogP contribution is 2.78. The number of nitrogens with one attached hydrogen (secondary N) is 1. The summed E-state index contributed by atoms with van der Waals surface area (Å²) in [4.78, 5) is 32.2. The SMILES string of the molecule is O=C(O)[C@H]1[C@H](C(=O)Nc2ccc(Br)nc2)[C@@H]2CC[C@H]1C21CC1CCCCN1CCCC1. The molecule has 2 heterocycles. The standard InChI is InChI=1S/C24H32BrN3O3/c25-19-9-6-16(14-26-19)27-22(29)20-17-7-8-18(21(20)23(30)31)24(17)13-15(24)5-1-2-10-28-11-3-4-12-28/h6,9,14-15,17-18,20-21H,1-5,7-8,10-13H2,(H,27,29)(H,30,31)/t15?,17-,18+,20+,21+,24?/m0/s1. The van der Waals surface area contributed by atoms with Gasteiger partial charge in [0.15, 0.2) is 0 Å². The van der Waals surface area contributed by atoms with Crippen LogP contribution in [-0.4, -0.2) is 46.5 Å². The van der Waals surface area contributed by atoms with Gasteiger partial charge in [-0.3, -0.25) is 9.59 Å². The van der Waals surface area contributed by atoms with Crippen LogP contribution in [0.4, 0.5) is 5.69 Å². The number of aromatic nitrogens is 1. The molecule has 2 bridgehead atoms. The van der Waals surface area contributed by atoms with Gasteiger partial charge in [-0.25, -0.2) is 4.98 Å². The number of halogens is 1. The molecule has 1 aromatic heterocycles. The molecular weight excluding hydrogens is 458 g/mol. The zero-order valence-electron chi connectivity index (χ0n) is 17.9. The highest BCUT2D eigenvalue weighted by Gasteiger charge is 2.75. The van der Waals surface area contributed by atoms with E-state index in [1.54, 1.807) is 18.3 Å². The number of carboxylic acids is 1. The maximum atomic E-state index is 13.2. The molecule has 1 aromatic rings. The highest BCUT2D eigenvalue weighted by molar-refractivity contribution is 9.10. The number of pyridine rings is 1. The van der Waals surface area contributed by atoms with Crippen LogP contribution in [0.2, 0.25) is 0 Å². The van der Waals surface area contributed by atoms with E-state index in [0.29, 0.717) is 16.2 Å². The van der Waals surface area contributed by atoms with Crippen LogP contribution in [-0.2, 0) is 9.59 Å². The van der Waals surface area contributed by atoms with Crippen molar-refractivity contribution >= 4 is 33.5 Å². The molecule has 1 saturated heterocycles. The van der Waals surface area contributed by atoms with Gasteiger partial charge >= 0.3 is 5.97 Å². The van der Waals surface area contributed by atoms with E-state index in [1.807, 2.05) is 0 Å². The molecule has 0 radical (unpaired) electrons. The van der Waals surface area contributed by atoms with Crippen molar-refractivity contribution in [2.24, 2.45) is 35.0 Å². The molecule has 3 aliphatic carbocycles. The summed E-state index contributed by atoms with van der Waals surface area (Å²) in [6, 6.07) is 3.58. The number of hydrogen-bond donors (Lipinski definition) is 2. The molecule has 6 nitrogen and oxygen atoms in total. The minimum Gasteiger partial charge on any atom is -0.481 e. The monoisotopic (exact) mass is 489 g/mol. The van der Waals surface area contributed by atoms with E-state index in [4.69, 9.17) is 0 Å². The Bertz CT molecular complexity index is 841. The third kappa shape index (κ3) is 3.82. The van der Waals surface area contributed by atoms with Gasteiger partial charge < -0.3 is 15.3 Å². The lowest BCUT2D eigenvalue weighted by molar-refractivity contribution is -0.148. The molecule has 5 rings (SSSR count). The van der Waals surface area contributed by atoms with Crippen LogP contribution in [0.3, 0.4) is 0 Å². The third-order valence-electron chi connectivity index (χ3n) is 8.68. The number of likely N-dealkylation sites (tertiary alicyclic amines) is 1. The average molecular weight is 490 g/mol. The van der Waals surface area contributed by atoms with E-state index in [9.17, 15) is 14.7 Å². The number of aliphatic carboxylic acids is 1. The Morgan fingerprint density at radius 3 is 2.58 bits per heavy atom. The maximum absolute atomic E-state index is 13.2. The fraction of sp³-hybridized carbons (Fsp3) is 0.708. The molecule has 6 atom stereocenters. The van der Waals surface area contributed by atoms with Gasteiger partial charge in [-0.05, 0) is 116 Å². The van der Waals surface area contributed by atoms with Crippen LogP contribution in [0, 0.1) is 35.0 Å².